The summed E-state index contributed by atoms with van der Waals surface area (Å²) in [7, 11) is 1.67. The second-order valence-corrected chi connectivity index (χ2v) is 3.55. The first-order valence-electron chi connectivity index (χ1n) is 5.79. The lowest BCUT2D eigenvalue weighted by atomic mass is 10.3. The van der Waals surface area contributed by atoms with Gasteiger partial charge in [-0.1, -0.05) is 0 Å². The number of nitrogens with one attached hydrogen (secondary N) is 2. The Morgan fingerprint density at radius 1 is 1.06 bits per heavy atom. The average Bonchev–Trinajstić information content (AvgIpc) is 2.25. The first-order valence-corrected chi connectivity index (χ1v) is 5.79. The molecule has 0 rings (SSSR count). The summed E-state index contributed by atoms with van der Waals surface area (Å²) in [4.78, 5) is 10.5. The minimum atomic E-state index is 0.0216. The molecule has 0 aliphatic rings. The number of methoxy groups -OCH3 is 1. The van der Waals surface area contributed by atoms with E-state index < -0.39 is 0 Å². The smallest absolute Gasteiger partial charge is 0.216 e. The Kier molecular flexibility index (Phi) is 11.9. The predicted octanol–water partition coefficient (Wildman–Crippen LogP) is 0.155. The van der Waals surface area contributed by atoms with Crippen molar-refractivity contribution in [3.8, 4) is 0 Å². The summed E-state index contributed by atoms with van der Waals surface area (Å²) in [6, 6.07) is 0. The van der Waals surface area contributed by atoms with Crippen molar-refractivity contribution in [1.82, 2.24) is 10.6 Å². The van der Waals surface area contributed by atoms with Crippen LogP contribution < -0.4 is 10.6 Å². The highest BCUT2D eigenvalue weighted by molar-refractivity contribution is 5.72. The van der Waals surface area contributed by atoms with Gasteiger partial charge < -0.3 is 20.1 Å². The summed E-state index contributed by atoms with van der Waals surface area (Å²) in [6.07, 6.45) is 2.14. The SMILES string of the molecule is COCCOCCCCNCCNC(C)=O. The van der Waals surface area contributed by atoms with E-state index in [9.17, 15) is 4.79 Å². The molecule has 0 aliphatic heterocycles. The van der Waals surface area contributed by atoms with Gasteiger partial charge in [-0.3, -0.25) is 4.79 Å². The molecule has 5 nitrogen and oxygen atoms in total. The fourth-order valence-electron chi connectivity index (χ4n) is 1.15. The molecule has 0 saturated carbocycles. The van der Waals surface area contributed by atoms with E-state index in [4.69, 9.17) is 9.47 Å². The number of unbranched alkanes of at least 4 members (excludes halogenated alkanes) is 1. The molecule has 1 amide bonds. The zero-order chi connectivity index (χ0) is 12.1. The molecule has 0 saturated heterocycles. The lowest BCUT2D eigenvalue weighted by molar-refractivity contribution is -0.118. The molecule has 5 heteroatoms. The largest absolute Gasteiger partial charge is 0.382 e. The summed E-state index contributed by atoms with van der Waals surface area (Å²) < 4.78 is 10.2. The highest BCUT2D eigenvalue weighted by atomic mass is 16.5. The number of ether oxygens (including phenoxy) is 2. The molecule has 0 atom stereocenters. The Hall–Kier alpha value is -0.650. The van der Waals surface area contributed by atoms with Crippen molar-refractivity contribution in [3.63, 3.8) is 0 Å². The van der Waals surface area contributed by atoms with E-state index in [2.05, 4.69) is 10.6 Å². The van der Waals surface area contributed by atoms with E-state index in [-0.39, 0.29) is 5.91 Å². The fourth-order valence-corrected chi connectivity index (χ4v) is 1.15. The van der Waals surface area contributed by atoms with Gasteiger partial charge in [0.25, 0.3) is 0 Å². The van der Waals surface area contributed by atoms with Gasteiger partial charge in [0.2, 0.25) is 5.91 Å². The molecular weight excluding hydrogens is 208 g/mol. The molecule has 0 spiro atoms. The number of hydrogen-bond donors (Lipinski definition) is 2. The van der Waals surface area contributed by atoms with Crippen LogP contribution in [0.1, 0.15) is 19.8 Å². The molecule has 0 aromatic heterocycles. The molecule has 2 N–H and O–H groups in total. The van der Waals surface area contributed by atoms with Gasteiger partial charge in [-0.2, -0.15) is 0 Å². The first kappa shape index (κ1) is 15.3. The molecule has 0 heterocycles. The van der Waals surface area contributed by atoms with Crippen LogP contribution in [0.3, 0.4) is 0 Å². The topological polar surface area (TPSA) is 59.6 Å². The number of rotatable bonds is 11. The number of carbonyl (C=O) groups excluding carboxylic acids is 1. The van der Waals surface area contributed by atoms with E-state index in [0.29, 0.717) is 19.8 Å². The Bertz CT molecular complexity index is 165. The summed E-state index contributed by atoms with van der Waals surface area (Å²) in [6.45, 7) is 6.13. The lowest BCUT2D eigenvalue weighted by Crippen LogP contribution is -2.30. The zero-order valence-corrected chi connectivity index (χ0v) is 10.4. The molecule has 0 bridgehead atoms. The Morgan fingerprint density at radius 3 is 2.56 bits per heavy atom. The van der Waals surface area contributed by atoms with Gasteiger partial charge in [-0.15, -0.1) is 0 Å². The minimum Gasteiger partial charge on any atom is -0.382 e. The van der Waals surface area contributed by atoms with Gasteiger partial charge in [0.05, 0.1) is 13.2 Å². The second kappa shape index (κ2) is 12.4. The third-order valence-electron chi connectivity index (χ3n) is 2.00. The van der Waals surface area contributed by atoms with Crippen molar-refractivity contribution in [2.45, 2.75) is 19.8 Å². The van der Waals surface area contributed by atoms with Crippen molar-refractivity contribution in [2.24, 2.45) is 0 Å². The molecular formula is C11H24N2O3. The molecule has 96 valence electrons. The Balaban J connectivity index is 2.90. The van der Waals surface area contributed by atoms with Crippen LogP contribution >= 0.6 is 0 Å². The minimum absolute atomic E-state index is 0.0216. The fraction of sp³-hybridized carbons (Fsp3) is 0.909. The lowest BCUT2D eigenvalue weighted by Gasteiger charge is -2.06. The van der Waals surface area contributed by atoms with Crippen molar-refractivity contribution in [3.05, 3.63) is 0 Å². The van der Waals surface area contributed by atoms with E-state index in [1.807, 2.05) is 0 Å². The standard InChI is InChI=1S/C11H24N2O3/c1-11(14)13-7-6-12-5-3-4-8-16-10-9-15-2/h12H,3-10H2,1-2H3,(H,13,14). The van der Waals surface area contributed by atoms with Gasteiger partial charge >= 0.3 is 0 Å². The molecule has 16 heavy (non-hydrogen) atoms. The number of carbonyl (C=O) groups is 1. The third kappa shape index (κ3) is 13.4. The van der Waals surface area contributed by atoms with Crippen LogP contribution in [0.25, 0.3) is 0 Å². The first-order chi connectivity index (χ1) is 7.77. The van der Waals surface area contributed by atoms with Crippen LogP contribution in [0.15, 0.2) is 0 Å². The summed E-state index contributed by atoms with van der Waals surface area (Å²) in [5, 5.41) is 5.98. The Morgan fingerprint density at radius 2 is 1.88 bits per heavy atom. The van der Waals surface area contributed by atoms with E-state index in [1.165, 1.54) is 6.92 Å². The van der Waals surface area contributed by atoms with Crippen LogP contribution in [0, 0.1) is 0 Å². The monoisotopic (exact) mass is 232 g/mol. The maximum atomic E-state index is 10.5. The van der Waals surface area contributed by atoms with E-state index >= 15 is 0 Å². The van der Waals surface area contributed by atoms with Crippen molar-refractivity contribution < 1.29 is 14.3 Å². The predicted molar refractivity (Wildman–Crippen MR) is 63.5 cm³/mol. The number of amides is 1. The molecule has 0 aromatic rings. The van der Waals surface area contributed by atoms with Gasteiger partial charge in [-0.25, -0.2) is 0 Å². The van der Waals surface area contributed by atoms with Gasteiger partial charge in [0.15, 0.2) is 0 Å². The van der Waals surface area contributed by atoms with Crippen LogP contribution in [-0.4, -0.2) is 52.5 Å². The van der Waals surface area contributed by atoms with Gasteiger partial charge in [0, 0.05) is 33.7 Å². The zero-order valence-electron chi connectivity index (χ0n) is 10.4. The third-order valence-corrected chi connectivity index (χ3v) is 2.00. The highest BCUT2D eigenvalue weighted by Gasteiger charge is 1.92. The summed E-state index contributed by atoms with van der Waals surface area (Å²) >= 11 is 0. The number of hydrogen-bond acceptors (Lipinski definition) is 4. The molecule has 0 radical (unpaired) electrons. The van der Waals surface area contributed by atoms with Crippen molar-refractivity contribution in [2.75, 3.05) is 46.6 Å². The Labute approximate surface area is 97.9 Å². The van der Waals surface area contributed by atoms with Crippen LogP contribution in [0.2, 0.25) is 0 Å². The molecule has 0 fully saturated rings. The van der Waals surface area contributed by atoms with Gasteiger partial charge in [0.1, 0.15) is 0 Å². The second-order valence-electron chi connectivity index (χ2n) is 3.55. The van der Waals surface area contributed by atoms with Crippen molar-refractivity contribution in [1.29, 1.82) is 0 Å². The molecule has 0 aliphatic carbocycles. The maximum absolute atomic E-state index is 10.5. The quantitative estimate of drug-likeness (QED) is 0.498. The normalized spacial score (nSPS) is 10.4. The maximum Gasteiger partial charge on any atom is 0.216 e. The van der Waals surface area contributed by atoms with Crippen LogP contribution in [0.4, 0.5) is 0 Å². The van der Waals surface area contributed by atoms with Crippen LogP contribution in [-0.2, 0) is 14.3 Å². The average molecular weight is 232 g/mol. The van der Waals surface area contributed by atoms with Gasteiger partial charge in [-0.05, 0) is 19.4 Å². The molecule has 0 unspecified atom stereocenters. The van der Waals surface area contributed by atoms with Crippen molar-refractivity contribution >= 4 is 5.91 Å². The van der Waals surface area contributed by atoms with Crippen LogP contribution in [0.5, 0.6) is 0 Å². The van der Waals surface area contributed by atoms with E-state index in [0.717, 1.165) is 32.5 Å². The highest BCUT2D eigenvalue weighted by Crippen LogP contribution is 1.88. The molecule has 0 aromatic carbocycles. The summed E-state index contributed by atoms with van der Waals surface area (Å²) in [5.41, 5.74) is 0. The van der Waals surface area contributed by atoms with E-state index in [1.54, 1.807) is 7.11 Å². The summed E-state index contributed by atoms with van der Waals surface area (Å²) in [5.74, 6) is 0.0216.